The molecule has 0 heterocycles. The maximum Gasteiger partial charge on any atom is 0.295 e. The fraction of sp³-hybridized carbons (Fsp3) is 0.0769. The van der Waals surface area contributed by atoms with E-state index in [2.05, 4.69) is 15.9 Å². The molecule has 2 N–H and O–H groups in total. The fourth-order valence-corrected chi connectivity index (χ4v) is 2.04. The lowest BCUT2D eigenvalue weighted by Crippen LogP contribution is -2.00. The summed E-state index contributed by atoms with van der Waals surface area (Å²) >= 11 is 3.28. The fourth-order valence-electron chi connectivity index (χ4n) is 1.56. The van der Waals surface area contributed by atoms with Gasteiger partial charge in [0.2, 0.25) is 0 Å². The molecular formula is C13H11BrN2O3. The van der Waals surface area contributed by atoms with Gasteiger partial charge in [0.05, 0.1) is 15.5 Å². The summed E-state index contributed by atoms with van der Waals surface area (Å²) in [6.07, 6.45) is 0. The smallest absolute Gasteiger partial charge is 0.295 e. The Hall–Kier alpha value is -2.08. The number of rotatable bonds is 4. The number of nitrogen functional groups attached to an aromatic ring is 1. The lowest BCUT2D eigenvalue weighted by molar-refractivity contribution is -0.384. The first kappa shape index (κ1) is 13.4. The molecule has 98 valence electrons. The van der Waals surface area contributed by atoms with Crippen LogP contribution in [-0.2, 0) is 6.61 Å². The SMILES string of the molecule is Nc1cc(Br)c(OCc2ccccc2)cc1[N+](=O)[O-]. The predicted octanol–water partition coefficient (Wildman–Crippen LogP) is 3.52. The molecule has 0 saturated carbocycles. The van der Waals surface area contributed by atoms with Crippen molar-refractivity contribution in [3.63, 3.8) is 0 Å². The highest BCUT2D eigenvalue weighted by atomic mass is 79.9. The van der Waals surface area contributed by atoms with Gasteiger partial charge in [0.25, 0.3) is 5.69 Å². The molecule has 0 aliphatic heterocycles. The van der Waals surface area contributed by atoms with Crippen LogP contribution in [0.1, 0.15) is 5.56 Å². The molecule has 0 aromatic heterocycles. The summed E-state index contributed by atoms with van der Waals surface area (Å²) < 4.78 is 6.15. The molecule has 2 rings (SSSR count). The van der Waals surface area contributed by atoms with Crippen LogP contribution in [0.25, 0.3) is 0 Å². The van der Waals surface area contributed by atoms with Crippen LogP contribution >= 0.6 is 15.9 Å². The van der Waals surface area contributed by atoms with Crippen molar-refractivity contribution in [1.29, 1.82) is 0 Å². The third kappa shape index (κ3) is 3.23. The summed E-state index contributed by atoms with van der Waals surface area (Å²) in [7, 11) is 0. The van der Waals surface area contributed by atoms with Gasteiger partial charge in [-0.2, -0.15) is 0 Å². The highest BCUT2D eigenvalue weighted by Crippen LogP contribution is 2.34. The summed E-state index contributed by atoms with van der Waals surface area (Å²) in [5, 5.41) is 10.8. The molecule has 0 atom stereocenters. The van der Waals surface area contributed by atoms with Crippen molar-refractivity contribution in [1.82, 2.24) is 0 Å². The van der Waals surface area contributed by atoms with Gasteiger partial charge in [-0.3, -0.25) is 10.1 Å². The van der Waals surface area contributed by atoms with E-state index < -0.39 is 4.92 Å². The minimum absolute atomic E-state index is 0.101. The van der Waals surface area contributed by atoms with Gasteiger partial charge in [-0.15, -0.1) is 0 Å². The Balaban J connectivity index is 2.21. The number of hydrogen-bond acceptors (Lipinski definition) is 4. The largest absolute Gasteiger partial charge is 0.487 e. The zero-order chi connectivity index (χ0) is 13.8. The molecule has 0 aliphatic carbocycles. The summed E-state index contributed by atoms with van der Waals surface area (Å²) in [6, 6.07) is 12.3. The number of anilines is 1. The van der Waals surface area contributed by atoms with Crippen molar-refractivity contribution < 1.29 is 9.66 Å². The molecule has 0 fully saturated rings. The number of nitro groups is 1. The summed E-state index contributed by atoms with van der Waals surface area (Å²) in [4.78, 5) is 10.3. The van der Waals surface area contributed by atoms with Gasteiger partial charge in [0.15, 0.2) is 0 Å². The molecule has 2 aromatic carbocycles. The average molecular weight is 323 g/mol. The normalized spacial score (nSPS) is 10.2. The van der Waals surface area contributed by atoms with E-state index in [-0.39, 0.29) is 11.4 Å². The summed E-state index contributed by atoms with van der Waals surface area (Å²) in [6.45, 7) is 0.334. The second kappa shape index (κ2) is 5.71. The van der Waals surface area contributed by atoms with E-state index in [1.54, 1.807) is 0 Å². The molecule has 6 heteroatoms. The molecule has 0 spiro atoms. The van der Waals surface area contributed by atoms with E-state index in [1.807, 2.05) is 30.3 Å². The van der Waals surface area contributed by atoms with Crippen LogP contribution in [-0.4, -0.2) is 4.92 Å². The average Bonchev–Trinajstić information content (AvgIpc) is 2.38. The number of nitro benzene ring substituents is 1. The van der Waals surface area contributed by atoms with Crippen LogP contribution in [0.3, 0.4) is 0 Å². The number of halogens is 1. The Bertz CT molecular complexity index is 602. The van der Waals surface area contributed by atoms with Gasteiger partial charge in [0, 0.05) is 0 Å². The van der Waals surface area contributed by atoms with E-state index in [4.69, 9.17) is 10.5 Å². The molecule has 0 amide bonds. The first-order chi connectivity index (χ1) is 9.08. The van der Waals surface area contributed by atoms with Crippen molar-refractivity contribution in [2.75, 3.05) is 5.73 Å². The maximum atomic E-state index is 10.8. The topological polar surface area (TPSA) is 78.4 Å². The lowest BCUT2D eigenvalue weighted by atomic mass is 10.2. The molecule has 0 saturated heterocycles. The monoisotopic (exact) mass is 322 g/mol. The first-order valence-electron chi connectivity index (χ1n) is 5.48. The lowest BCUT2D eigenvalue weighted by Gasteiger charge is -2.09. The van der Waals surface area contributed by atoms with Crippen molar-refractivity contribution in [3.8, 4) is 5.75 Å². The van der Waals surface area contributed by atoms with E-state index in [0.29, 0.717) is 16.8 Å². The highest BCUT2D eigenvalue weighted by molar-refractivity contribution is 9.10. The maximum absolute atomic E-state index is 10.8. The van der Waals surface area contributed by atoms with E-state index in [0.717, 1.165) is 5.56 Å². The van der Waals surface area contributed by atoms with E-state index >= 15 is 0 Å². The van der Waals surface area contributed by atoms with Crippen LogP contribution in [0, 0.1) is 10.1 Å². The van der Waals surface area contributed by atoms with Crippen LogP contribution in [0.4, 0.5) is 11.4 Å². The van der Waals surface area contributed by atoms with Gasteiger partial charge in [0.1, 0.15) is 18.0 Å². The Labute approximate surface area is 118 Å². The van der Waals surface area contributed by atoms with E-state index in [1.165, 1.54) is 12.1 Å². The van der Waals surface area contributed by atoms with Crippen LogP contribution < -0.4 is 10.5 Å². The number of nitrogens with two attached hydrogens (primary N) is 1. The molecule has 2 aromatic rings. The van der Waals surface area contributed by atoms with Gasteiger partial charge in [-0.1, -0.05) is 30.3 Å². The standard InChI is InChI=1S/C13H11BrN2O3/c14-10-6-11(15)12(16(17)18)7-13(10)19-8-9-4-2-1-3-5-9/h1-7H,8,15H2. The minimum Gasteiger partial charge on any atom is -0.487 e. The summed E-state index contributed by atoms with van der Waals surface area (Å²) in [5.74, 6) is 0.393. The van der Waals surface area contributed by atoms with Crippen LogP contribution in [0.5, 0.6) is 5.75 Å². The Kier molecular flexibility index (Phi) is 4.01. The van der Waals surface area contributed by atoms with Crippen molar-refractivity contribution in [2.45, 2.75) is 6.61 Å². The quantitative estimate of drug-likeness (QED) is 0.530. The van der Waals surface area contributed by atoms with Crippen LogP contribution in [0.15, 0.2) is 46.9 Å². The second-order valence-electron chi connectivity index (χ2n) is 3.87. The third-order valence-electron chi connectivity index (χ3n) is 2.52. The number of ether oxygens (including phenoxy) is 1. The zero-order valence-electron chi connectivity index (χ0n) is 9.88. The van der Waals surface area contributed by atoms with Crippen LogP contribution in [0.2, 0.25) is 0 Å². The minimum atomic E-state index is -0.531. The molecule has 0 bridgehead atoms. The Morgan fingerprint density at radius 1 is 1.26 bits per heavy atom. The van der Waals surface area contributed by atoms with Crippen molar-refractivity contribution in [2.24, 2.45) is 0 Å². The van der Waals surface area contributed by atoms with Crippen molar-refractivity contribution in [3.05, 3.63) is 62.6 Å². The second-order valence-corrected chi connectivity index (χ2v) is 4.73. The highest BCUT2D eigenvalue weighted by Gasteiger charge is 2.16. The Morgan fingerprint density at radius 2 is 1.95 bits per heavy atom. The molecule has 0 unspecified atom stereocenters. The third-order valence-corrected chi connectivity index (χ3v) is 3.13. The number of benzene rings is 2. The molecule has 0 aliphatic rings. The summed E-state index contributed by atoms with van der Waals surface area (Å²) in [5.41, 5.74) is 6.49. The zero-order valence-corrected chi connectivity index (χ0v) is 11.5. The van der Waals surface area contributed by atoms with Gasteiger partial charge in [-0.05, 0) is 27.6 Å². The number of hydrogen-bond donors (Lipinski definition) is 1. The predicted molar refractivity (Wildman–Crippen MR) is 76.0 cm³/mol. The molecule has 19 heavy (non-hydrogen) atoms. The molecule has 5 nitrogen and oxygen atoms in total. The van der Waals surface area contributed by atoms with Crippen molar-refractivity contribution >= 4 is 27.3 Å². The van der Waals surface area contributed by atoms with Gasteiger partial charge in [-0.25, -0.2) is 0 Å². The molecular weight excluding hydrogens is 312 g/mol. The first-order valence-corrected chi connectivity index (χ1v) is 6.27. The van der Waals surface area contributed by atoms with Gasteiger partial charge >= 0.3 is 0 Å². The number of nitrogens with zero attached hydrogens (tertiary/aromatic N) is 1. The van der Waals surface area contributed by atoms with E-state index in [9.17, 15) is 10.1 Å². The van der Waals surface area contributed by atoms with Gasteiger partial charge < -0.3 is 10.5 Å². The Morgan fingerprint density at radius 3 is 2.58 bits per heavy atom. The molecule has 0 radical (unpaired) electrons.